The first kappa shape index (κ1) is 27.3. The van der Waals surface area contributed by atoms with Crippen LogP contribution in [0.15, 0.2) is 84.9 Å². The van der Waals surface area contributed by atoms with Crippen LogP contribution in [0.2, 0.25) is 0 Å². The predicted molar refractivity (Wildman–Crippen MR) is 152 cm³/mol. The maximum atomic E-state index is 6.15. The lowest BCUT2D eigenvalue weighted by molar-refractivity contribution is 0.108. The van der Waals surface area contributed by atoms with Gasteiger partial charge in [0.25, 0.3) is 0 Å². The van der Waals surface area contributed by atoms with Crippen LogP contribution in [0.5, 0.6) is 23.0 Å². The molecule has 4 aromatic rings. The molecule has 0 spiro atoms. The highest BCUT2D eigenvalue weighted by Gasteiger charge is 2.12. The molecular formula is C32H36O6. The summed E-state index contributed by atoms with van der Waals surface area (Å²) in [4.78, 5) is 0. The minimum Gasteiger partial charge on any atom is -0.487 e. The van der Waals surface area contributed by atoms with Gasteiger partial charge >= 0.3 is 0 Å². The van der Waals surface area contributed by atoms with E-state index < -0.39 is 0 Å². The minimum atomic E-state index is 0.286. The van der Waals surface area contributed by atoms with Gasteiger partial charge in [-0.1, -0.05) is 55.1 Å². The summed E-state index contributed by atoms with van der Waals surface area (Å²) in [5, 5.41) is 4.32. The SMILES string of the molecule is C=C(COc1cc2ccccc2cc1OCCOCC)COc1cc2ccccc2cc1OCCOCC. The van der Waals surface area contributed by atoms with E-state index in [1.807, 2.05) is 62.4 Å². The van der Waals surface area contributed by atoms with E-state index in [0.717, 1.165) is 27.1 Å². The molecule has 0 amide bonds. The first-order valence-electron chi connectivity index (χ1n) is 13.1. The summed E-state index contributed by atoms with van der Waals surface area (Å²) >= 11 is 0. The Bertz CT molecular complexity index is 1230. The second-order valence-corrected chi connectivity index (χ2v) is 8.71. The van der Waals surface area contributed by atoms with Crippen molar-refractivity contribution in [3.63, 3.8) is 0 Å². The predicted octanol–water partition coefficient (Wildman–Crippen LogP) is 6.84. The average Bonchev–Trinajstić information content (AvgIpc) is 2.95. The first-order valence-corrected chi connectivity index (χ1v) is 13.1. The number of benzene rings is 4. The van der Waals surface area contributed by atoms with E-state index >= 15 is 0 Å². The van der Waals surface area contributed by atoms with E-state index in [-0.39, 0.29) is 13.2 Å². The number of rotatable bonds is 16. The number of ether oxygens (including phenoxy) is 6. The van der Waals surface area contributed by atoms with Crippen LogP contribution in [0.25, 0.3) is 21.5 Å². The van der Waals surface area contributed by atoms with Gasteiger partial charge in [0.05, 0.1) is 13.2 Å². The molecule has 0 fully saturated rings. The number of fused-ring (bicyclic) bond motifs is 2. The van der Waals surface area contributed by atoms with Crippen molar-refractivity contribution >= 4 is 21.5 Å². The van der Waals surface area contributed by atoms with Crippen molar-refractivity contribution in [2.75, 3.05) is 52.9 Å². The molecule has 200 valence electrons. The Morgan fingerprint density at radius 1 is 0.526 bits per heavy atom. The third kappa shape index (κ3) is 7.63. The molecule has 0 heterocycles. The zero-order valence-electron chi connectivity index (χ0n) is 22.2. The molecule has 0 unspecified atom stereocenters. The molecule has 0 aliphatic rings. The van der Waals surface area contributed by atoms with Crippen LogP contribution in [-0.4, -0.2) is 52.9 Å². The highest BCUT2D eigenvalue weighted by Crippen LogP contribution is 2.34. The molecular weight excluding hydrogens is 480 g/mol. The summed E-state index contributed by atoms with van der Waals surface area (Å²) in [6, 6.07) is 24.2. The average molecular weight is 517 g/mol. The summed E-state index contributed by atoms with van der Waals surface area (Å²) in [7, 11) is 0. The van der Waals surface area contributed by atoms with Crippen LogP contribution in [0.4, 0.5) is 0 Å². The second-order valence-electron chi connectivity index (χ2n) is 8.71. The zero-order chi connectivity index (χ0) is 26.6. The Morgan fingerprint density at radius 2 is 0.868 bits per heavy atom. The summed E-state index contributed by atoms with van der Waals surface area (Å²) in [6.45, 7) is 11.9. The molecule has 0 aromatic heterocycles. The largest absolute Gasteiger partial charge is 0.487 e. The molecule has 4 rings (SSSR count). The van der Waals surface area contributed by atoms with Gasteiger partial charge in [0, 0.05) is 13.2 Å². The topological polar surface area (TPSA) is 55.4 Å². The number of hydrogen-bond acceptors (Lipinski definition) is 6. The van der Waals surface area contributed by atoms with Crippen LogP contribution in [0, 0.1) is 0 Å². The number of hydrogen-bond donors (Lipinski definition) is 0. The molecule has 0 atom stereocenters. The van der Waals surface area contributed by atoms with E-state index in [0.29, 0.717) is 62.6 Å². The lowest BCUT2D eigenvalue weighted by Gasteiger charge is -2.17. The Kier molecular flexibility index (Phi) is 10.2. The summed E-state index contributed by atoms with van der Waals surface area (Å²) in [5.74, 6) is 2.67. The van der Waals surface area contributed by atoms with Gasteiger partial charge < -0.3 is 28.4 Å². The van der Waals surface area contributed by atoms with Gasteiger partial charge in [-0.05, 0) is 65.2 Å². The van der Waals surface area contributed by atoms with Crippen molar-refractivity contribution in [2.24, 2.45) is 0 Å². The highest BCUT2D eigenvalue weighted by atomic mass is 16.5. The molecule has 0 aliphatic heterocycles. The van der Waals surface area contributed by atoms with Crippen molar-refractivity contribution < 1.29 is 28.4 Å². The standard InChI is InChI=1S/C32H36O6/c1-4-33-14-16-35-29-18-25-10-6-8-12-27(25)20-31(29)37-22-24(3)23-38-32-21-28-13-9-7-11-26(28)19-30(32)36-17-15-34-5-2/h6-13,18-21H,3-5,14-17,22-23H2,1-2H3. The van der Waals surface area contributed by atoms with Crippen LogP contribution in [-0.2, 0) is 9.47 Å². The van der Waals surface area contributed by atoms with Gasteiger partial charge in [0.2, 0.25) is 0 Å². The van der Waals surface area contributed by atoms with Crippen molar-refractivity contribution in [1.29, 1.82) is 0 Å². The van der Waals surface area contributed by atoms with Crippen molar-refractivity contribution in [3.8, 4) is 23.0 Å². The fourth-order valence-electron chi connectivity index (χ4n) is 3.96. The van der Waals surface area contributed by atoms with Crippen molar-refractivity contribution in [2.45, 2.75) is 13.8 Å². The molecule has 0 saturated heterocycles. The summed E-state index contributed by atoms with van der Waals surface area (Å²) in [5.41, 5.74) is 0.784. The van der Waals surface area contributed by atoms with E-state index in [2.05, 4.69) is 30.8 Å². The van der Waals surface area contributed by atoms with Gasteiger partial charge in [-0.25, -0.2) is 0 Å². The molecule has 0 bridgehead atoms. The fourth-order valence-corrected chi connectivity index (χ4v) is 3.96. The zero-order valence-corrected chi connectivity index (χ0v) is 22.2. The molecule has 6 heteroatoms. The molecule has 0 aliphatic carbocycles. The Balaban J connectivity index is 1.41. The normalized spacial score (nSPS) is 11.0. The van der Waals surface area contributed by atoms with Gasteiger partial charge in [-0.3, -0.25) is 0 Å². The third-order valence-corrected chi connectivity index (χ3v) is 5.87. The maximum Gasteiger partial charge on any atom is 0.162 e. The molecule has 38 heavy (non-hydrogen) atoms. The van der Waals surface area contributed by atoms with Crippen LogP contribution in [0.1, 0.15) is 13.8 Å². The second kappa shape index (κ2) is 14.3. The quantitative estimate of drug-likeness (QED) is 0.120. The lowest BCUT2D eigenvalue weighted by atomic mass is 10.1. The maximum absolute atomic E-state index is 6.15. The molecule has 4 aromatic carbocycles. The third-order valence-electron chi connectivity index (χ3n) is 5.87. The molecule has 0 N–H and O–H groups in total. The smallest absolute Gasteiger partial charge is 0.162 e. The van der Waals surface area contributed by atoms with E-state index in [1.165, 1.54) is 0 Å². The van der Waals surface area contributed by atoms with Crippen molar-refractivity contribution in [3.05, 3.63) is 84.9 Å². The Morgan fingerprint density at radius 3 is 1.21 bits per heavy atom. The summed E-state index contributed by atoms with van der Waals surface area (Å²) < 4.78 is 35.1. The minimum absolute atomic E-state index is 0.286. The fraction of sp³-hybridized carbons (Fsp3) is 0.312. The monoisotopic (exact) mass is 516 g/mol. The van der Waals surface area contributed by atoms with E-state index in [9.17, 15) is 0 Å². The van der Waals surface area contributed by atoms with Crippen LogP contribution < -0.4 is 18.9 Å². The van der Waals surface area contributed by atoms with Crippen LogP contribution >= 0.6 is 0 Å². The molecule has 0 saturated carbocycles. The molecule has 0 radical (unpaired) electrons. The van der Waals surface area contributed by atoms with E-state index in [1.54, 1.807) is 0 Å². The van der Waals surface area contributed by atoms with Gasteiger partial charge in [-0.2, -0.15) is 0 Å². The Labute approximate surface area is 224 Å². The van der Waals surface area contributed by atoms with E-state index in [4.69, 9.17) is 28.4 Å². The summed E-state index contributed by atoms with van der Waals surface area (Å²) in [6.07, 6.45) is 0. The van der Waals surface area contributed by atoms with Gasteiger partial charge in [0.1, 0.15) is 26.4 Å². The highest BCUT2D eigenvalue weighted by molar-refractivity contribution is 5.86. The van der Waals surface area contributed by atoms with Crippen molar-refractivity contribution in [1.82, 2.24) is 0 Å². The lowest BCUT2D eigenvalue weighted by Crippen LogP contribution is -2.12. The Hall–Kier alpha value is -3.74. The van der Waals surface area contributed by atoms with Crippen LogP contribution in [0.3, 0.4) is 0 Å². The van der Waals surface area contributed by atoms with Gasteiger partial charge in [0.15, 0.2) is 23.0 Å². The first-order chi connectivity index (χ1) is 18.7. The van der Waals surface area contributed by atoms with Gasteiger partial charge in [-0.15, -0.1) is 0 Å². The molecule has 6 nitrogen and oxygen atoms in total.